The van der Waals surface area contributed by atoms with Crippen LogP contribution < -0.4 is 20.9 Å². The number of hydrazine groups is 1. The SMILES string of the molecule is CCc1nc2ccc(OC)cn2c1C(=O)NCc1ccc(NNC=NS(=O)(=O)C(F)(F)F)cc1. The second-order valence-corrected chi connectivity index (χ2v) is 8.49. The van der Waals surface area contributed by atoms with Crippen LogP contribution in [0.1, 0.15) is 28.7 Å². The van der Waals surface area contributed by atoms with Crippen molar-refractivity contribution in [3.05, 3.63) is 59.5 Å². The van der Waals surface area contributed by atoms with Crippen LogP contribution in [0.5, 0.6) is 5.75 Å². The van der Waals surface area contributed by atoms with E-state index in [1.807, 2.05) is 6.92 Å². The number of amides is 1. The Kier molecular flexibility index (Phi) is 7.29. The number of pyridine rings is 1. The molecule has 14 heteroatoms. The lowest BCUT2D eigenvalue weighted by Gasteiger charge is -2.09. The van der Waals surface area contributed by atoms with Crippen LogP contribution in [0.25, 0.3) is 5.65 Å². The molecule has 0 radical (unpaired) electrons. The van der Waals surface area contributed by atoms with Gasteiger partial charge in [-0.25, -0.2) is 4.98 Å². The fourth-order valence-corrected chi connectivity index (χ4v) is 3.24. The number of imidazole rings is 1. The molecule has 0 bridgehead atoms. The van der Waals surface area contributed by atoms with Crippen molar-refractivity contribution >= 4 is 33.6 Å². The van der Waals surface area contributed by atoms with Crippen LogP contribution in [0.4, 0.5) is 18.9 Å². The van der Waals surface area contributed by atoms with E-state index in [-0.39, 0.29) is 12.5 Å². The van der Waals surface area contributed by atoms with Crippen molar-refractivity contribution in [3.8, 4) is 5.75 Å². The number of carbonyl (C=O) groups excluding carboxylic acids is 1. The van der Waals surface area contributed by atoms with Crippen LogP contribution in [0, 0.1) is 0 Å². The van der Waals surface area contributed by atoms with Crippen LogP contribution in [0.15, 0.2) is 47.0 Å². The van der Waals surface area contributed by atoms with Crippen molar-refractivity contribution in [2.45, 2.75) is 25.4 Å². The minimum atomic E-state index is -5.60. The average Bonchev–Trinajstić information content (AvgIpc) is 3.18. The first-order valence-electron chi connectivity index (χ1n) is 9.84. The Morgan fingerprint density at radius 1 is 1.21 bits per heavy atom. The van der Waals surface area contributed by atoms with Crippen molar-refractivity contribution in [1.82, 2.24) is 20.1 Å². The molecular formula is C20H21F3N6O4S. The number of hydrogen-bond donors (Lipinski definition) is 3. The van der Waals surface area contributed by atoms with Gasteiger partial charge in [-0.3, -0.25) is 14.6 Å². The Labute approximate surface area is 192 Å². The summed E-state index contributed by atoms with van der Waals surface area (Å²) >= 11 is 0. The van der Waals surface area contributed by atoms with Crippen molar-refractivity contribution in [3.63, 3.8) is 0 Å². The van der Waals surface area contributed by atoms with Gasteiger partial charge in [0.1, 0.15) is 23.4 Å². The van der Waals surface area contributed by atoms with Crippen molar-refractivity contribution in [2.75, 3.05) is 12.5 Å². The number of nitrogens with zero attached hydrogens (tertiary/aromatic N) is 3. The quantitative estimate of drug-likeness (QED) is 0.235. The molecule has 0 aliphatic rings. The van der Waals surface area contributed by atoms with E-state index in [1.165, 1.54) is 7.11 Å². The molecule has 34 heavy (non-hydrogen) atoms. The molecule has 1 amide bonds. The molecule has 3 rings (SSSR count). The zero-order valence-corrected chi connectivity index (χ0v) is 18.9. The predicted molar refractivity (Wildman–Crippen MR) is 119 cm³/mol. The van der Waals surface area contributed by atoms with Gasteiger partial charge in [0.05, 0.1) is 24.7 Å². The smallest absolute Gasteiger partial charge is 0.495 e. The fraction of sp³-hybridized carbons (Fsp3) is 0.250. The number of nitrogens with one attached hydrogen (secondary N) is 3. The average molecular weight is 498 g/mol. The van der Waals surface area contributed by atoms with Crippen LogP contribution >= 0.6 is 0 Å². The van der Waals surface area contributed by atoms with E-state index in [2.05, 4.69) is 25.6 Å². The molecule has 0 fully saturated rings. The van der Waals surface area contributed by atoms with Crippen molar-refractivity contribution in [2.24, 2.45) is 4.40 Å². The summed E-state index contributed by atoms with van der Waals surface area (Å²) in [6, 6.07) is 10.0. The third-order valence-corrected chi connectivity index (χ3v) is 5.59. The zero-order valence-electron chi connectivity index (χ0n) is 18.0. The summed E-state index contributed by atoms with van der Waals surface area (Å²) in [6.45, 7) is 2.11. The monoisotopic (exact) mass is 498 g/mol. The molecule has 0 spiro atoms. The van der Waals surface area contributed by atoms with Gasteiger partial charge in [0.15, 0.2) is 0 Å². The Morgan fingerprint density at radius 2 is 1.91 bits per heavy atom. The van der Waals surface area contributed by atoms with Gasteiger partial charge in [-0.15, -0.1) is 4.40 Å². The molecule has 3 aromatic rings. The minimum Gasteiger partial charge on any atom is -0.495 e. The van der Waals surface area contributed by atoms with E-state index < -0.39 is 15.5 Å². The number of methoxy groups -OCH3 is 1. The number of aryl methyl sites for hydroxylation is 1. The maximum absolute atomic E-state index is 12.9. The van der Waals surface area contributed by atoms with Gasteiger partial charge in [0, 0.05) is 6.54 Å². The van der Waals surface area contributed by atoms with E-state index in [0.29, 0.717) is 41.2 Å². The molecule has 182 valence electrons. The predicted octanol–water partition coefficient (Wildman–Crippen LogP) is 2.63. The van der Waals surface area contributed by atoms with E-state index in [1.54, 1.807) is 47.0 Å². The molecule has 2 heterocycles. The highest BCUT2D eigenvalue weighted by molar-refractivity contribution is 7.91. The lowest BCUT2D eigenvalue weighted by Crippen LogP contribution is -2.25. The molecule has 1 aromatic carbocycles. The highest BCUT2D eigenvalue weighted by Gasteiger charge is 2.45. The van der Waals surface area contributed by atoms with Crippen LogP contribution in [-0.4, -0.2) is 42.7 Å². The van der Waals surface area contributed by atoms with Crippen LogP contribution in [0.3, 0.4) is 0 Å². The first kappa shape index (κ1) is 24.8. The summed E-state index contributed by atoms with van der Waals surface area (Å²) in [6.07, 6.45) is 2.63. The van der Waals surface area contributed by atoms with Gasteiger partial charge in [0.2, 0.25) is 0 Å². The number of fused-ring (bicyclic) bond motifs is 1. The third-order valence-electron chi connectivity index (χ3n) is 4.62. The summed E-state index contributed by atoms with van der Waals surface area (Å²) < 4.78 is 67.7. The molecule has 0 saturated heterocycles. The van der Waals surface area contributed by atoms with Crippen molar-refractivity contribution < 1.29 is 31.1 Å². The number of anilines is 1. The van der Waals surface area contributed by atoms with E-state index in [4.69, 9.17) is 4.74 Å². The maximum Gasteiger partial charge on any atom is 0.518 e. The second-order valence-electron chi connectivity index (χ2n) is 6.86. The molecule has 10 nitrogen and oxygen atoms in total. The zero-order chi connectivity index (χ0) is 24.9. The summed E-state index contributed by atoms with van der Waals surface area (Å²) in [5, 5.41) is 2.84. The second kappa shape index (κ2) is 9.99. The number of carbonyl (C=O) groups is 1. The van der Waals surface area contributed by atoms with Gasteiger partial charge in [-0.2, -0.15) is 21.6 Å². The standard InChI is InChI=1S/C20H21F3N6O4S/c1-3-16-18(29-11-15(33-2)8-9-17(29)27-16)19(30)24-10-13-4-6-14(7-5-13)28-25-12-26-34(31,32)20(21,22)23/h4-9,11-12,28H,3,10H2,1-2H3,(H,24,30)(H,25,26). The molecule has 0 aliphatic carbocycles. The minimum absolute atomic E-state index is 0.207. The van der Waals surface area contributed by atoms with Gasteiger partial charge in [0.25, 0.3) is 5.91 Å². The molecule has 0 aliphatic heterocycles. The Hall–Kier alpha value is -3.81. The number of halogens is 3. The number of aromatic nitrogens is 2. The molecule has 0 saturated carbocycles. The van der Waals surface area contributed by atoms with Crippen LogP contribution in [0.2, 0.25) is 0 Å². The fourth-order valence-electron chi connectivity index (χ4n) is 2.92. The van der Waals surface area contributed by atoms with E-state index >= 15 is 0 Å². The van der Waals surface area contributed by atoms with Gasteiger partial charge in [-0.1, -0.05) is 19.1 Å². The Bertz CT molecular complexity index is 1300. The molecule has 0 atom stereocenters. The molecule has 2 aromatic heterocycles. The number of sulfonamides is 1. The third kappa shape index (κ3) is 5.57. The summed E-state index contributed by atoms with van der Waals surface area (Å²) in [4.78, 5) is 17.4. The lowest BCUT2D eigenvalue weighted by molar-refractivity contribution is -0.0435. The van der Waals surface area contributed by atoms with Crippen LogP contribution in [-0.2, 0) is 23.0 Å². The lowest BCUT2D eigenvalue weighted by atomic mass is 10.2. The van der Waals surface area contributed by atoms with Gasteiger partial charge >= 0.3 is 15.5 Å². The highest BCUT2D eigenvalue weighted by atomic mass is 32.2. The topological polar surface area (TPSA) is 126 Å². The Morgan fingerprint density at radius 3 is 2.53 bits per heavy atom. The number of rotatable bonds is 9. The van der Waals surface area contributed by atoms with E-state index in [0.717, 1.165) is 5.56 Å². The van der Waals surface area contributed by atoms with Crippen molar-refractivity contribution in [1.29, 1.82) is 0 Å². The van der Waals surface area contributed by atoms with Gasteiger partial charge in [-0.05, 0) is 36.2 Å². The molecule has 0 unspecified atom stereocenters. The first-order chi connectivity index (χ1) is 16.1. The summed E-state index contributed by atoms with van der Waals surface area (Å²) in [5.74, 6) is 0.267. The maximum atomic E-state index is 12.9. The number of benzene rings is 1. The number of hydrogen-bond acceptors (Lipinski definition) is 6. The number of ether oxygens (including phenoxy) is 1. The molecular weight excluding hydrogens is 477 g/mol. The first-order valence-corrected chi connectivity index (χ1v) is 11.3. The van der Waals surface area contributed by atoms with Gasteiger partial charge < -0.3 is 15.5 Å². The number of alkyl halides is 3. The normalized spacial score (nSPS) is 12.1. The summed E-state index contributed by atoms with van der Waals surface area (Å²) in [7, 11) is -4.07. The largest absolute Gasteiger partial charge is 0.518 e. The molecule has 3 N–H and O–H groups in total. The Balaban J connectivity index is 1.61. The van der Waals surface area contributed by atoms with E-state index in [9.17, 15) is 26.4 Å². The highest BCUT2D eigenvalue weighted by Crippen LogP contribution is 2.24. The summed E-state index contributed by atoms with van der Waals surface area (Å²) in [5.41, 5.74) is 2.01.